The van der Waals surface area contributed by atoms with Gasteiger partial charge in [-0.05, 0) is 26.7 Å². The maximum atomic E-state index is 9.20. The molecule has 1 saturated heterocycles. The van der Waals surface area contributed by atoms with Crippen molar-refractivity contribution in [2.24, 2.45) is 0 Å². The SMILES string of the molecule is CCCCCC/C=C/[C@@H]1OC(C)(C)O[C@H]1CO. The van der Waals surface area contributed by atoms with Crippen LogP contribution in [0.2, 0.25) is 0 Å². The molecule has 1 fully saturated rings. The molecule has 0 aromatic heterocycles. The molecule has 0 radical (unpaired) electrons. The molecule has 0 amide bonds. The van der Waals surface area contributed by atoms with E-state index in [9.17, 15) is 5.11 Å². The highest BCUT2D eigenvalue weighted by Crippen LogP contribution is 2.28. The molecule has 1 aliphatic heterocycles. The summed E-state index contributed by atoms with van der Waals surface area (Å²) >= 11 is 0. The third-order valence-electron chi connectivity index (χ3n) is 2.95. The molecule has 3 nitrogen and oxygen atoms in total. The molecule has 1 aliphatic rings. The van der Waals surface area contributed by atoms with Crippen molar-refractivity contribution in [2.45, 2.75) is 70.9 Å². The van der Waals surface area contributed by atoms with Gasteiger partial charge in [-0.15, -0.1) is 0 Å². The van der Waals surface area contributed by atoms with Crippen LogP contribution in [0.5, 0.6) is 0 Å². The first kappa shape index (κ1) is 14.7. The van der Waals surface area contributed by atoms with E-state index in [-0.39, 0.29) is 18.8 Å². The fraction of sp³-hybridized carbons (Fsp3) is 0.857. The molecule has 1 rings (SSSR count). The minimum atomic E-state index is -0.579. The molecule has 1 heterocycles. The van der Waals surface area contributed by atoms with E-state index in [0.717, 1.165) is 6.42 Å². The van der Waals surface area contributed by atoms with Crippen molar-refractivity contribution in [3.8, 4) is 0 Å². The van der Waals surface area contributed by atoms with Crippen molar-refractivity contribution in [2.75, 3.05) is 6.61 Å². The molecule has 0 unspecified atom stereocenters. The lowest BCUT2D eigenvalue weighted by atomic mass is 10.1. The van der Waals surface area contributed by atoms with E-state index in [2.05, 4.69) is 13.0 Å². The highest BCUT2D eigenvalue weighted by atomic mass is 16.8. The van der Waals surface area contributed by atoms with Gasteiger partial charge in [-0.1, -0.05) is 38.3 Å². The first-order valence-corrected chi connectivity index (χ1v) is 6.72. The van der Waals surface area contributed by atoms with E-state index in [4.69, 9.17) is 9.47 Å². The molecule has 2 atom stereocenters. The van der Waals surface area contributed by atoms with Crippen molar-refractivity contribution in [3.05, 3.63) is 12.2 Å². The zero-order chi connectivity index (χ0) is 12.7. The topological polar surface area (TPSA) is 38.7 Å². The second-order valence-electron chi connectivity index (χ2n) is 5.10. The summed E-state index contributed by atoms with van der Waals surface area (Å²) in [7, 11) is 0. The predicted molar refractivity (Wildman–Crippen MR) is 68.8 cm³/mol. The van der Waals surface area contributed by atoms with Gasteiger partial charge < -0.3 is 14.6 Å². The summed E-state index contributed by atoms with van der Waals surface area (Å²) in [5, 5.41) is 9.20. The van der Waals surface area contributed by atoms with Crippen molar-refractivity contribution >= 4 is 0 Å². The fourth-order valence-electron chi connectivity index (χ4n) is 2.09. The van der Waals surface area contributed by atoms with Gasteiger partial charge in [-0.3, -0.25) is 0 Å². The summed E-state index contributed by atoms with van der Waals surface area (Å²) in [4.78, 5) is 0. The summed E-state index contributed by atoms with van der Waals surface area (Å²) < 4.78 is 11.3. The van der Waals surface area contributed by atoms with Gasteiger partial charge in [-0.2, -0.15) is 0 Å². The van der Waals surface area contributed by atoms with Crippen molar-refractivity contribution in [1.82, 2.24) is 0 Å². The van der Waals surface area contributed by atoms with E-state index in [1.807, 2.05) is 19.9 Å². The summed E-state index contributed by atoms with van der Waals surface area (Å²) in [6.45, 7) is 5.98. The van der Waals surface area contributed by atoms with Crippen LogP contribution < -0.4 is 0 Å². The Morgan fingerprint density at radius 2 is 1.94 bits per heavy atom. The molecular weight excluding hydrogens is 216 g/mol. The Bertz CT molecular complexity index is 236. The van der Waals surface area contributed by atoms with E-state index in [0.29, 0.717) is 0 Å². The molecule has 0 aromatic rings. The van der Waals surface area contributed by atoms with E-state index in [1.54, 1.807) is 0 Å². The van der Waals surface area contributed by atoms with Crippen LogP contribution in [0.3, 0.4) is 0 Å². The minimum Gasteiger partial charge on any atom is -0.394 e. The van der Waals surface area contributed by atoms with Gasteiger partial charge in [0.25, 0.3) is 0 Å². The van der Waals surface area contributed by atoms with Crippen molar-refractivity contribution < 1.29 is 14.6 Å². The van der Waals surface area contributed by atoms with E-state index in [1.165, 1.54) is 25.7 Å². The predicted octanol–water partition coefficient (Wildman–Crippen LogP) is 3.03. The molecular formula is C14H26O3. The second-order valence-corrected chi connectivity index (χ2v) is 5.10. The number of hydrogen-bond donors (Lipinski definition) is 1. The Morgan fingerprint density at radius 3 is 2.59 bits per heavy atom. The Morgan fingerprint density at radius 1 is 1.18 bits per heavy atom. The first-order valence-electron chi connectivity index (χ1n) is 6.72. The third kappa shape index (κ3) is 5.19. The summed E-state index contributed by atoms with van der Waals surface area (Å²) in [5.41, 5.74) is 0. The summed E-state index contributed by atoms with van der Waals surface area (Å²) in [6, 6.07) is 0. The van der Waals surface area contributed by atoms with Crippen LogP contribution in [0, 0.1) is 0 Å². The quantitative estimate of drug-likeness (QED) is 0.551. The van der Waals surface area contributed by atoms with Crippen LogP contribution in [0.1, 0.15) is 52.9 Å². The lowest BCUT2D eigenvalue weighted by Gasteiger charge is -2.15. The van der Waals surface area contributed by atoms with Crippen LogP contribution in [0.4, 0.5) is 0 Å². The first-order chi connectivity index (χ1) is 8.09. The smallest absolute Gasteiger partial charge is 0.164 e. The number of aliphatic hydroxyl groups is 1. The van der Waals surface area contributed by atoms with E-state index >= 15 is 0 Å². The lowest BCUT2D eigenvalue weighted by molar-refractivity contribution is -0.146. The van der Waals surface area contributed by atoms with Crippen LogP contribution in [-0.2, 0) is 9.47 Å². The third-order valence-corrected chi connectivity index (χ3v) is 2.95. The second kappa shape index (κ2) is 7.14. The van der Waals surface area contributed by atoms with E-state index < -0.39 is 5.79 Å². The minimum absolute atomic E-state index is 0.00821. The van der Waals surface area contributed by atoms with Gasteiger partial charge in [0.15, 0.2) is 5.79 Å². The van der Waals surface area contributed by atoms with Gasteiger partial charge in [0.05, 0.1) is 6.61 Å². The van der Waals surface area contributed by atoms with Gasteiger partial charge in [0, 0.05) is 0 Å². The number of unbranched alkanes of at least 4 members (excludes halogenated alkanes) is 4. The fourth-order valence-corrected chi connectivity index (χ4v) is 2.09. The number of ether oxygens (including phenoxy) is 2. The standard InChI is InChI=1S/C14H26O3/c1-4-5-6-7-8-9-10-12-13(11-15)17-14(2,3)16-12/h9-10,12-13,15H,4-8,11H2,1-3H3/b10-9+/t12-,13-/m0/s1. The molecule has 17 heavy (non-hydrogen) atoms. The zero-order valence-corrected chi connectivity index (χ0v) is 11.3. The summed E-state index contributed by atoms with van der Waals surface area (Å²) in [5.74, 6) is -0.579. The number of aliphatic hydroxyl groups excluding tert-OH is 1. The Labute approximate surface area is 105 Å². The molecule has 100 valence electrons. The molecule has 1 N–H and O–H groups in total. The van der Waals surface area contributed by atoms with Crippen LogP contribution in [0.15, 0.2) is 12.2 Å². The lowest BCUT2D eigenvalue weighted by Crippen LogP contribution is -2.24. The molecule has 0 bridgehead atoms. The van der Waals surface area contributed by atoms with Gasteiger partial charge in [-0.25, -0.2) is 0 Å². The Balaban J connectivity index is 2.27. The average molecular weight is 242 g/mol. The van der Waals surface area contributed by atoms with Crippen LogP contribution >= 0.6 is 0 Å². The molecule has 0 saturated carbocycles. The molecule has 0 aliphatic carbocycles. The van der Waals surface area contributed by atoms with Crippen molar-refractivity contribution in [1.29, 1.82) is 0 Å². The van der Waals surface area contributed by atoms with Crippen LogP contribution in [0.25, 0.3) is 0 Å². The normalized spacial score (nSPS) is 28.0. The number of rotatable bonds is 7. The largest absolute Gasteiger partial charge is 0.394 e. The van der Waals surface area contributed by atoms with Crippen molar-refractivity contribution in [3.63, 3.8) is 0 Å². The maximum Gasteiger partial charge on any atom is 0.164 e. The zero-order valence-electron chi connectivity index (χ0n) is 11.3. The van der Waals surface area contributed by atoms with Gasteiger partial charge >= 0.3 is 0 Å². The molecule has 0 spiro atoms. The number of hydrogen-bond acceptors (Lipinski definition) is 3. The number of allylic oxidation sites excluding steroid dienone is 1. The monoisotopic (exact) mass is 242 g/mol. The summed E-state index contributed by atoms with van der Waals surface area (Å²) in [6.07, 6.45) is 10.0. The molecule has 3 heteroatoms. The van der Waals surface area contributed by atoms with Crippen LogP contribution in [-0.4, -0.2) is 29.7 Å². The van der Waals surface area contributed by atoms with Gasteiger partial charge in [0.1, 0.15) is 12.2 Å². The van der Waals surface area contributed by atoms with Gasteiger partial charge in [0.2, 0.25) is 0 Å². The highest BCUT2D eigenvalue weighted by Gasteiger charge is 2.39. The Hall–Kier alpha value is -0.380. The average Bonchev–Trinajstić information content (AvgIpc) is 2.58. The Kier molecular flexibility index (Phi) is 6.17. The highest BCUT2D eigenvalue weighted by molar-refractivity contribution is 4.97. The molecule has 0 aromatic carbocycles. The maximum absolute atomic E-state index is 9.20.